The first kappa shape index (κ1) is 12.4. The van der Waals surface area contributed by atoms with E-state index in [-0.39, 0.29) is 6.61 Å². The van der Waals surface area contributed by atoms with E-state index in [2.05, 4.69) is 19.1 Å². The van der Waals surface area contributed by atoms with Crippen LogP contribution in [0.3, 0.4) is 0 Å². The second kappa shape index (κ2) is 8.02. The molecule has 0 fully saturated rings. The highest BCUT2D eigenvalue weighted by Gasteiger charge is 1.89. The number of hydrogen-bond donors (Lipinski definition) is 1. The molecule has 0 heterocycles. The van der Waals surface area contributed by atoms with E-state index in [1.165, 1.54) is 5.57 Å². The molecule has 76 valence electrons. The lowest BCUT2D eigenvalue weighted by atomic mass is 10.1. The van der Waals surface area contributed by atoms with Gasteiger partial charge in [0.15, 0.2) is 0 Å². The van der Waals surface area contributed by atoms with E-state index in [0.717, 1.165) is 18.4 Å². The highest BCUT2D eigenvalue weighted by atomic mass is 16.5. The number of aliphatic hydroxyl groups is 1. The lowest BCUT2D eigenvalue weighted by Crippen LogP contribution is -1.86. The van der Waals surface area contributed by atoms with Crippen LogP contribution < -0.4 is 0 Å². The van der Waals surface area contributed by atoms with Crippen molar-refractivity contribution in [1.82, 2.24) is 0 Å². The van der Waals surface area contributed by atoms with Crippen LogP contribution >= 0.6 is 0 Å². The highest BCUT2D eigenvalue weighted by molar-refractivity contribution is 5.03. The molecule has 1 N–H and O–H groups in total. The first-order chi connectivity index (χ1) is 6.20. The second-order valence-electron chi connectivity index (χ2n) is 3.25. The van der Waals surface area contributed by atoms with Crippen LogP contribution in [0.25, 0.3) is 0 Å². The van der Waals surface area contributed by atoms with Gasteiger partial charge in [0.1, 0.15) is 0 Å². The maximum Gasteiger partial charge on any atom is 0.0646 e. The minimum absolute atomic E-state index is 0.167. The van der Waals surface area contributed by atoms with Crippen LogP contribution in [0.15, 0.2) is 23.3 Å². The molecule has 0 aromatic rings. The van der Waals surface area contributed by atoms with Gasteiger partial charge in [-0.15, -0.1) is 0 Å². The highest BCUT2D eigenvalue weighted by Crippen LogP contribution is 2.06. The van der Waals surface area contributed by atoms with Crippen molar-refractivity contribution >= 4 is 0 Å². The number of aliphatic hydroxyl groups excluding tert-OH is 1. The zero-order chi connectivity index (χ0) is 10.1. The Hall–Kier alpha value is -0.600. The van der Waals surface area contributed by atoms with Gasteiger partial charge in [-0.3, -0.25) is 0 Å². The number of allylic oxidation sites excluding steroid dienone is 2. The number of methoxy groups -OCH3 is 1. The van der Waals surface area contributed by atoms with Crippen molar-refractivity contribution in [2.45, 2.75) is 26.7 Å². The molecule has 0 bridgehead atoms. The van der Waals surface area contributed by atoms with Gasteiger partial charge in [-0.2, -0.15) is 0 Å². The Bertz CT molecular complexity index is 181. The third-order valence-corrected chi connectivity index (χ3v) is 1.88. The zero-order valence-corrected chi connectivity index (χ0v) is 8.84. The summed E-state index contributed by atoms with van der Waals surface area (Å²) >= 11 is 0. The van der Waals surface area contributed by atoms with Crippen LogP contribution in [-0.4, -0.2) is 25.4 Å². The van der Waals surface area contributed by atoms with Crippen LogP contribution in [0, 0.1) is 0 Å². The zero-order valence-electron chi connectivity index (χ0n) is 8.84. The lowest BCUT2D eigenvalue weighted by molar-refractivity contribution is 0.233. The fourth-order valence-corrected chi connectivity index (χ4v) is 0.938. The first-order valence-corrected chi connectivity index (χ1v) is 4.61. The van der Waals surface area contributed by atoms with Crippen LogP contribution in [0.4, 0.5) is 0 Å². The molecule has 0 saturated heterocycles. The minimum atomic E-state index is 0.167. The van der Waals surface area contributed by atoms with Crippen molar-refractivity contribution < 1.29 is 9.84 Å². The molecule has 0 aliphatic rings. The maximum absolute atomic E-state index is 8.74. The van der Waals surface area contributed by atoms with E-state index in [4.69, 9.17) is 9.84 Å². The maximum atomic E-state index is 8.74. The smallest absolute Gasteiger partial charge is 0.0646 e. The second-order valence-corrected chi connectivity index (χ2v) is 3.25. The Labute approximate surface area is 80.9 Å². The van der Waals surface area contributed by atoms with Crippen molar-refractivity contribution in [2.75, 3.05) is 20.3 Å². The van der Waals surface area contributed by atoms with E-state index in [9.17, 15) is 0 Å². The molecule has 2 heteroatoms. The van der Waals surface area contributed by atoms with Gasteiger partial charge in [0.2, 0.25) is 0 Å². The summed E-state index contributed by atoms with van der Waals surface area (Å²) in [6.45, 7) is 4.89. The third-order valence-electron chi connectivity index (χ3n) is 1.88. The van der Waals surface area contributed by atoms with Gasteiger partial charge >= 0.3 is 0 Å². The summed E-state index contributed by atoms with van der Waals surface area (Å²) < 4.78 is 4.93. The molecule has 0 saturated carbocycles. The Morgan fingerprint density at radius 3 is 2.46 bits per heavy atom. The Balaban J connectivity index is 3.63. The van der Waals surface area contributed by atoms with Crippen molar-refractivity contribution in [3.63, 3.8) is 0 Å². The molecule has 0 radical (unpaired) electrons. The molecule has 0 aromatic carbocycles. The van der Waals surface area contributed by atoms with Gasteiger partial charge in [-0.1, -0.05) is 23.3 Å². The molecule has 0 rings (SSSR count). The average Bonchev–Trinajstić information content (AvgIpc) is 2.14. The summed E-state index contributed by atoms with van der Waals surface area (Å²) in [4.78, 5) is 0. The fraction of sp³-hybridized carbons (Fsp3) is 0.636. The predicted molar refractivity (Wildman–Crippen MR) is 55.7 cm³/mol. The molecular formula is C11H20O2. The predicted octanol–water partition coefficient (Wildman–Crippen LogP) is 2.30. The van der Waals surface area contributed by atoms with Gasteiger partial charge in [-0.05, 0) is 26.7 Å². The molecule has 0 aromatic heterocycles. The normalized spacial score (nSPS) is 13.5. The Morgan fingerprint density at radius 2 is 1.92 bits per heavy atom. The van der Waals surface area contributed by atoms with Crippen molar-refractivity contribution in [1.29, 1.82) is 0 Å². The van der Waals surface area contributed by atoms with E-state index in [1.54, 1.807) is 7.11 Å². The summed E-state index contributed by atoms with van der Waals surface area (Å²) in [5.74, 6) is 0. The fourth-order valence-electron chi connectivity index (χ4n) is 0.938. The topological polar surface area (TPSA) is 29.5 Å². The lowest BCUT2D eigenvalue weighted by Gasteiger charge is -1.99. The van der Waals surface area contributed by atoms with E-state index in [1.807, 2.05) is 6.92 Å². The molecular weight excluding hydrogens is 164 g/mol. The van der Waals surface area contributed by atoms with Crippen LogP contribution in [0.2, 0.25) is 0 Å². The number of hydrogen-bond acceptors (Lipinski definition) is 2. The van der Waals surface area contributed by atoms with Crippen molar-refractivity contribution in [3.8, 4) is 0 Å². The standard InChI is InChI=1S/C11H20O2/c1-10(7-8-13-3)5-4-6-11(2)9-12/h6-7,12H,4-5,8-9H2,1-3H3. The summed E-state index contributed by atoms with van der Waals surface area (Å²) in [7, 11) is 1.69. The summed E-state index contributed by atoms with van der Waals surface area (Å²) in [6.07, 6.45) is 6.20. The van der Waals surface area contributed by atoms with Gasteiger partial charge < -0.3 is 9.84 Å². The quantitative estimate of drug-likeness (QED) is 0.642. The minimum Gasteiger partial charge on any atom is -0.392 e. The summed E-state index contributed by atoms with van der Waals surface area (Å²) in [5, 5.41) is 8.74. The van der Waals surface area contributed by atoms with E-state index < -0.39 is 0 Å². The summed E-state index contributed by atoms with van der Waals surface area (Å²) in [5.41, 5.74) is 2.38. The SMILES string of the molecule is COCC=C(C)CCC=C(C)CO. The van der Waals surface area contributed by atoms with Gasteiger partial charge in [-0.25, -0.2) is 0 Å². The van der Waals surface area contributed by atoms with Crippen molar-refractivity contribution in [2.24, 2.45) is 0 Å². The van der Waals surface area contributed by atoms with Crippen LogP contribution in [0.5, 0.6) is 0 Å². The van der Waals surface area contributed by atoms with Crippen LogP contribution in [0.1, 0.15) is 26.7 Å². The molecule has 0 atom stereocenters. The molecule has 0 unspecified atom stereocenters. The Kier molecular flexibility index (Phi) is 7.65. The number of ether oxygens (including phenoxy) is 1. The number of rotatable bonds is 6. The first-order valence-electron chi connectivity index (χ1n) is 4.61. The van der Waals surface area contributed by atoms with Crippen molar-refractivity contribution in [3.05, 3.63) is 23.3 Å². The largest absolute Gasteiger partial charge is 0.392 e. The van der Waals surface area contributed by atoms with Gasteiger partial charge in [0.05, 0.1) is 13.2 Å². The van der Waals surface area contributed by atoms with Crippen LogP contribution in [-0.2, 0) is 4.74 Å². The molecule has 0 spiro atoms. The monoisotopic (exact) mass is 184 g/mol. The van der Waals surface area contributed by atoms with E-state index in [0.29, 0.717) is 6.61 Å². The molecule has 0 amide bonds. The third kappa shape index (κ3) is 7.75. The molecule has 0 aliphatic carbocycles. The Morgan fingerprint density at radius 1 is 1.23 bits per heavy atom. The molecule has 2 nitrogen and oxygen atoms in total. The summed E-state index contributed by atoms with van der Waals surface area (Å²) in [6, 6.07) is 0. The van der Waals surface area contributed by atoms with Gasteiger partial charge in [0.25, 0.3) is 0 Å². The molecule has 13 heavy (non-hydrogen) atoms. The molecule has 0 aliphatic heterocycles. The van der Waals surface area contributed by atoms with Gasteiger partial charge in [0, 0.05) is 7.11 Å². The average molecular weight is 184 g/mol. The van der Waals surface area contributed by atoms with E-state index >= 15 is 0 Å².